The second-order valence-electron chi connectivity index (χ2n) is 9.83. The van der Waals surface area contributed by atoms with Crippen LogP contribution in [-0.2, 0) is 12.2 Å². The van der Waals surface area contributed by atoms with Crippen LogP contribution in [0.25, 0.3) is 5.69 Å². The fraction of sp³-hybridized carbons (Fsp3) is 0.346. The van der Waals surface area contributed by atoms with Crippen molar-refractivity contribution < 1.29 is 14.2 Å². The summed E-state index contributed by atoms with van der Waals surface area (Å²) >= 11 is 0. The minimum Gasteiger partial charge on any atom is -0.494 e. The van der Waals surface area contributed by atoms with E-state index in [0.29, 0.717) is 23.2 Å². The van der Waals surface area contributed by atoms with Gasteiger partial charge in [0.25, 0.3) is 0 Å². The van der Waals surface area contributed by atoms with Crippen LogP contribution in [0.2, 0.25) is 0 Å². The number of aromatic nitrogens is 5. The smallest absolute Gasteiger partial charge is 0.248 e. The maximum absolute atomic E-state index is 15.5. The van der Waals surface area contributed by atoms with E-state index in [2.05, 4.69) is 20.4 Å². The summed E-state index contributed by atoms with van der Waals surface area (Å²) in [4.78, 5) is 10.8. The van der Waals surface area contributed by atoms with Crippen LogP contribution in [0.3, 0.4) is 0 Å². The number of hydrogen-bond acceptors (Lipinski definition) is 7. The summed E-state index contributed by atoms with van der Waals surface area (Å²) in [6, 6.07) is 14.8. The minimum absolute atomic E-state index is 0.161. The van der Waals surface area contributed by atoms with Gasteiger partial charge in [0.1, 0.15) is 5.75 Å². The number of anilines is 3. The highest BCUT2D eigenvalue weighted by Gasteiger charge is 2.47. The SMILES string of the molecule is COc1cc(Nc2nc(N3CC(F)(c4ccccc4)C3)n(CC(C)(C)O)n2)ccc1-n1cnc(C)c1. The van der Waals surface area contributed by atoms with Crippen molar-refractivity contribution in [3.05, 3.63) is 72.3 Å². The summed E-state index contributed by atoms with van der Waals surface area (Å²) in [6.45, 7) is 5.86. The predicted octanol–water partition coefficient (Wildman–Crippen LogP) is 3.98. The van der Waals surface area contributed by atoms with Gasteiger partial charge in [-0.15, -0.1) is 5.10 Å². The Balaban J connectivity index is 1.39. The number of ether oxygens (including phenoxy) is 1. The van der Waals surface area contributed by atoms with Gasteiger partial charge in [0, 0.05) is 18.0 Å². The lowest BCUT2D eigenvalue weighted by atomic mass is 9.88. The maximum Gasteiger partial charge on any atom is 0.248 e. The molecule has 0 saturated carbocycles. The lowest BCUT2D eigenvalue weighted by Crippen LogP contribution is -2.58. The minimum atomic E-state index is -1.45. The highest BCUT2D eigenvalue weighted by Crippen LogP contribution is 2.39. The van der Waals surface area contributed by atoms with Gasteiger partial charge >= 0.3 is 0 Å². The fourth-order valence-electron chi connectivity index (χ4n) is 4.36. The number of benzene rings is 2. The first kappa shape index (κ1) is 23.8. The number of imidazole rings is 1. The van der Waals surface area contributed by atoms with Crippen molar-refractivity contribution >= 4 is 17.6 Å². The largest absolute Gasteiger partial charge is 0.494 e. The van der Waals surface area contributed by atoms with Crippen molar-refractivity contribution in [1.82, 2.24) is 24.3 Å². The second kappa shape index (κ2) is 8.94. The highest BCUT2D eigenvalue weighted by molar-refractivity contribution is 5.62. The van der Waals surface area contributed by atoms with Gasteiger partial charge in [-0.1, -0.05) is 30.3 Å². The van der Waals surface area contributed by atoms with Crippen LogP contribution >= 0.6 is 0 Å². The lowest BCUT2D eigenvalue weighted by Gasteiger charge is -2.45. The Hall–Kier alpha value is -3.92. The van der Waals surface area contributed by atoms with E-state index in [1.165, 1.54) is 0 Å². The monoisotopic (exact) mass is 491 g/mol. The number of nitrogens with one attached hydrogen (secondary N) is 1. The van der Waals surface area contributed by atoms with Gasteiger partial charge in [0.15, 0.2) is 5.67 Å². The normalized spacial score (nSPS) is 15.0. The van der Waals surface area contributed by atoms with Gasteiger partial charge < -0.3 is 24.6 Å². The summed E-state index contributed by atoms with van der Waals surface area (Å²) in [7, 11) is 1.61. The van der Waals surface area contributed by atoms with Gasteiger partial charge in [-0.3, -0.25) is 0 Å². The first-order chi connectivity index (χ1) is 17.1. The zero-order valence-electron chi connectivity index (χ0n) is 20.8. The Bertz CT molecular complexity index is 1350. The standard InChI is InChI=1S/C26H30FN7O2/c1-18-13-32(17-28-18)21-11-10-20(12-22(21)36-4)29-23-30-24(34(31-23)14-25(2,3)35)33-15-26(27,16-33)19-8-6-5-7-9-19/h5-13,17,35H,14-16H2,1-4H3,(H,29,31). The van der Waals surface area contributed by atoms with Crippen LogP contribution < -0.4 is 15.0 Å². The molecule has 10 heteroatoms. The molecule has 188 valence electrons. The first-order valence-corrected chi connectivity index (χ1v) is 11.8. The molecule has 0 atom stereocenters. The van der Waals surface area contributed by atoms with E-state index in [9.17, 15) is 5.11 Å². The van der Waals surface area contributed by atoms with Gasteiger partial charge in [-0.25, -0.2) is 14.1 Å². The Morgan fingerprint density at radius 2 is 1.92 bits per heavy atom. The molecule has 2 N–H and O–H groups in total. The summed E-state index contributed by atoms with van der Waals surface area (Å²) in [5, 5.41) is 18.2. The molecule has 1 aliphatic heterocycles. The van der Waals surface area contributed by atoms with Crippen molar-refractivity contribution in [3.63, 3.8) is 0 Å². The molecule has 0 aliphatic carbocycles. The Labute approximate surface area is 209 Å². The summed E-state index contributed by atoms with van der Waals surface area (Å²) in [6.07, 6.45) is 3.66. The van der Waals surface area contributed by atoms with Crippen molar-refractivity contribution in [2.75, 3.05) is 30.4 Å². The summed E-state index contributed by atoms with van der Waals surface area (Å²) in [5.74, 6) is 1.50. The summed E-state index contributed by atoms with van der Waals surface area (Å²) in [5.41, 5.74) is 0.662. The lowest BCUT2D eigenvalue weighted by molar-refractivity contribution is 0.0568. The number of rotatable bonds is 8. The molecule has 4 aromatic rings. The molecule has 0 unspecified atom stereocenters. The van der Waals surface area contributed by atoms with Crippen molar-refractivity contribution in [2.45, 2.75) is 38.6 Å². The van der Waals surface area contributed by atoms with Crippen molar-refractivity contribution in [2.24, 2.45) is 0 Å². The Morgan fingerprint density at radius 3 is 2.56 bits per heavy atom. The van der Waals surface area contributed by atoms with E-state index < -0.39 is 11.3 Å². The number of nitrogens with zero attached hydrogens (tertiary/aromatic N) is 6. The zero-order chi connectivity index (χ0) is 25.5. The van der Waals surface area contributed by atoms with E-state index in [-0.39, 0.29) is 19.6 Å². The molecule has 0 spiro atoms. The third-order valence-corrected chi connectivity index (χ3v) is 6.07. The number of methoxy groups -OCH3 is 1. The number of hydrogen-bond donors (Lipinski definition) is 2. The number of aliphatic hydroxyl groups is 1. The van der Waals surface area contributed by atoms with Gasteiger partial charge in [0.2, 0.25) is 11.9 Å². The zero-order valence-corrected chi connectivity index (χ0v) is 20.8. The van der Waals surface area contributed by atoms with E-state index in [1.54, 1.807) is 44.1 Å². The van der Waals surface area contributed by atoms with Crippen LogP contribution in [0.1, 0.15) is 25.1 Å². The van der Waals surface area contributed by atoms with Gasteiger partial charge in [0.05, 0.1) is 50.1 Å². The fourth-order valence-corrected chi connectivity index (χ4v) is 4.36. The third kappa shape index (κ3) is 4.76. The van der Waals surface area contributed by atoms with Crippen molar-refractivity contribution in [1.29, 1.82) is 0 Å². The molecule has 2 aromatic carbocycles. The van der Waals surface area contributed by atoms with Gasteiger partial charge in [-0.2, -0.15) is 4.98 Å². The van der Waals surface area contributed by atoms with Crippen LogP contribution in [0.5, 0.6) is 5.75 Å². The molecular formula is C26H30FN7O2. The number of aryl methyl sites for hydroxylation is 1. The predicted molar refractivity (Wildman–Crippen MR) is 136 cm³/mol. The molecule has 36 heavy (non-hydrogen) atoms. The van der Waals surface area contributed by atoms with E-state index >= 15 is 4.39 Å². The second-order valence-corrected chi connectivity index (χ2v) is 9.83. The van der Waals surface area contributed by atoms with Crippen LogP contribution in [0.15, 0.2) is 61.1 Å². The third-order valence-electron chi connectivity index (χ3n) is 6.07. The molecule has 1 saturated heterocycles. The van der Waals surface area contributed by atoms with E-state index in [1.807, 2.05) is 59.0 Å². The van der Waals surface area contributed by atoms with Gasteiger partial charge in [-0.05, 0) is 38.5 Å². The van der Waals surface area contributed by atoms with E-state index in [4.69, 9.17) is 4.74 Å². The first-order valence-electron chi connectivity index (χ1n) is 11.8. The average molecular weight is 492 g/mol. The quantitative estimate of drug-likeness (QED) is 0.385. The molecule has 3 heterocycles. The molecule has 9 nitrogen and oxygen atoms in total. The number of alkyl halides is 1. The maximum atomic E-state index is 15.5. The molecular weight excluding hydrogens is 461 g/mol. The topological polar surface area (TPSA) is 93.3 Å². The van der Waals surface area contributed by atoms with Crippen LogP contribution in [0, 0.1) is 6.92 Å². The molecule has 1 aliphatic rings. The molecule has 5 rings (SSSR count). The van der Waals surface area contributed by atoms with Crippen molar-refractivity contribution in [3.8, 4) is 11.4 Å². The molecule has 0 bridgehead atoms. The van der Waals surface area contributed by atoms with E-state index in [0.717, 1.165) is 17.1 Å². The molecule has 2 aromatic heterocycles. The molecule has 0 amide bonds. The summed E-state index contributed by atoms with van der Waals surface area (Å²) < 4.78 is 24.6. The molecule has 1 fully saturated rings. The van der Waals surface area contributed by atoms with Crippen LogP contribution in [-0.4, -0.2) is 55.2 Å². The average Bonchev–Trinajstić information content (AvgIpc) is 3.42. The highest BCUT2D eigenvalue weighted by atomic mass is 19.1. The van der Waals surface area contributed by atoms with Crippen LogP contribution in [0.4, 0.5) is 22.0 Å². The Kier molecular flexibility index (Phi) is 5.91. The molecule has 0 radical (unpaired) electrons. The Morgan fingerprint density at radius 1 is 1.17 bits per heavy atom. The number of halogens is 1.